The van der Waals surface area contributed by atoms with Crippen molar-refractivity contribution in [2.45, 2.75) is 13.8 Å². The maximum absolute atomic E-state index is 10.5. The van der Waals surface area contributed by atoms with E-state index in [9.17, 15) is 4.79 Å². The molecular weight excluding hydrogens is 158 g/mol. The molecule has 0 aliphatic rings. The van der Waals surface area contributed by atoms with Crippen LogP contribution in [0.5, 0.6) is 0 Å². The molecule has 0 radical (unpaired) electrons. The quantitative estimate of drug-likeness (QED) is 0.280. The van der Waals surface area contributed by atoms with E-state index in [1.807, 2.05) is 13.8 Å². The van der Waals surface area contributed by atoms with E-state index < -0.39 is 5.97 Å². The number of carbonyl (C=O) groups is 1. The highest BCUT2D eigenvalue weighted by atomic mass is 16.7. The first-order chi connectivity index (χ1) is 5.66. The Balaban J connectivity index is 3.11. The van der Waals surface area contributed by atoms with Crippen molar-refractivity contribution in [3.8, 4) is 0 Å². The lowest BCUT2D eigenvalue weighted by Crippen LogP contribution is -2.22. The van der Waals surface area contributed by atoms with Crippen LogP contribution in [0.25, 0.3) is 0 Å². The van der Waals surface area contributed by atoms with Gasteiger partial charge in [-0.25, -0.2) is 4.79 Å². The topological polar surface area (TPSA) is 47.6 Å². The molecule has 4 nitrogen and oxygen atoms in total. The van der Waals surface area contributed by atoms with Gasteiger partial charge in [0.25, 0.3) is 0 Å². The second kappa shape index (κ2) is 6.82. The van der Waals surface area contributed by atoms with Crippen molar-refractivity contribution in [3.05, 3.63) is 12.7 Å². The van der Waals surface area contributed by atoms with Gasteiger partial charge in [0, 0.05) is 6.08 Å². The molecule has 0 saturated heterocycles. The zero-order chi connectivity index (χ0) is 9.40. The highest BCUT2D eigenvalue weighted by molar-refractivity contribution is 5.80. The minimum atomic E-state index is -0.511. The molecule has 0 atom stereocenters. The van der Waals surface area contributed by atoms with E-state index in [2.05, 4.69) is 16.9 Å². The van der Waals surface area contributed by atoms with Crippen LogP contribution in [0.15, 0.2) is 12.7 Å². The lowest BCUT2D eigenvalue weighted by atomic mass is 10.2. The van der Waals surface area contributed by atoms with Gasteiger partial charge in [0.15, 0.2) is 0 Å². The predicted octanol–water partition coefficient (Wildman–Crippen LogP) is 0.850. The van der Waals surface area contributed by atoms with Gasteiger partial charge in [-0.1, -0.05) is 20.4 Å². The molecule has 0 saturated carbocycles. The Kier molecular flexibility index (Phi) is 6.32. The lowest BCUT2D eigenvalue weighted by Gasteiger charge is -2.06. The molecule has 0 fully saturated rings. The Labute approximate surface area is 72.5 Å². The fourth-order valence-corrected chi connectivity index (χ4v) is 0.479. The smallest absolute Gasteiger partial charge is 0.348 e. The van der Waals surface area contributed by atoms with Gasteiger partial charge in [-0.05, 0) is 5.92 Å². The summed E-state index contributed by atoms with van der Waals surface area (Å²) in [5, 5.41) is 0. The number of ether oxygens (including phenoxy) is 1. The molecule has 0 aromatic rings. The molecule has 1 N–H and O–H groups in total. The Hall–Kier alpha value is -0.870. The number of nitrogens with one attached hydrogen (secondary N) is 1. The van der Waals surface area contributed by atoms with E-state index >= 15 is 0 Å². The van der Waals surface area contributed by atoms with Gasteiger partial charge < -0.3 is 9.57 Å². The monoisotopic (exact) mass is 173 g/mol. The summed E-state index contributed by atoms with van der Waals surface area (Å²) >= 11 is 0. The summed E-state index contributed by atoms with van der Waals surface area (Å²) in [4.78, 5) is 14.9. The third-order valence-electron chi connectivity index (χ3n) is 0.952. The van der Waals surface area contributed by atoms with Crippen molar-refractivity contribution in [2.24, 2.45) is 5.92 Å². The summed E-state index contributed by atoms with van der Waals surface area (Å²) < 4.78 is 5.07. The van der Waals surface area contributed by atoms with Gasteiger partial charge in [0.05, 0.1) is 6.61 Å². The largest absolute Gasteiger partial charge is 0.365 e. The number of hydrogen-bond donors (Lipinski definition) is 1. The van der Waals surface area contributed by atoms with E-state index in [4.69, 9.17) is 4.74 Å². The molecular formula is C8H15NO3. The molecule has 0 rings (SSSR count). The summed E-state index contributed by atoms with van der Waals surface area (Å²) in [6.45, 7) is 8.15. The summed E-state index contributed by atoms with van der Waals surface area (Å²) in [6.07, 6.45) is 1.08. The third kappa shape index (κ3) is 7.24. The van der Waals surface area contributed by atoms with Crippen LogP contribution < -0.4 is 5.48 Å². The number of rotatable bonds is 6. The second-order valence-electron chi connectivity index (χ2n) is 2.68. The molecule has 0 heterocycles. The molecule has 0 amide bonds. The summed E-state index contributed by atoms with van der Waals surface area (Å²) in [5.74, 6) is -0.0370. The van der Waals surface area contributed by atoms with E-state index in [0.29, 0.717) is 12.5 Å². The van der Waals surface area contributed by atoms with Gasteiger partial charge in [0.2, 0.25) is 0 Å². The van der Waals surface area contributed by atoms with Crippen LogP contribution in [0, 0.1) is 5.92 Å². The van der Waals surface area contributed by atoms with E-state index in [-0.39, 0.29) is 6.73 Å². The molecule has 0 bridgehead atoms. The van der Waals surface area contributed by atoms with Crippen LogP contribution in [0.2, 0.25) is 0 Å². The summed E-state index contributed by atoms with van der Waals surface area (Å²) in [5.41, 5.74) is 2.35. The Morgan fingerprint density at radius 3 is 2.83 bits per heavy atom. The Bertz CT molecular complexity index is 145. The van der Waals surface area contributed by atoms with Crippen molar-refractivity contribution in [1.82, 2.24) is 5.48 Å². The van der Waals surface area contributed by atoms with Crippen LogP contribution >= 0.6 is 0 Å². The van der Waals surface area contributed by atoms with Crippen LogP contribution in [0.1, 0.15) is 13.8 Å². The zero-order valence-corrected chi connectivity index (χ0v) is 7.50. The van der Waals surface area contributed by atoms with Crippen molar-refractivity contribution >= 4 is 5.97 Å². The molecule has 12 heavy (non-hydrogen) atoms. The highest BCUT2D eigenvalue weighted by Crippen LogP contribution is 1.90. The van der Waals surface area contributed by atoms with Crippen LogP contribution in [0.4, 0.5) is 0 Å². The standard InChI is InChI=1S/C8H15NO3/c1-4-8(10)12-9-6-11-5-7(2)3/h4,7,9H,1,5-6H2,2-3H3. The first-order valence-corrected chi connectivity index (χ1v) is 3.80. The molecule has 0 unspecified atom stereocenters. The normalized spacial score (nSPS) is 9.92. The molecule has 0 aromatic carbocycles. The van der Waals surface area contributed by atoms with Gasteiger partial charge in [-0.3, -0.25) is 0 Å². The first-order valence-electron chi connectivity index (χ1n) is 3.80. The minimum absolute atomic E-state index is 0.206. The zero-order valence-electron chi connectivity index (χ0n) is 7.50. The Morgan fingerprint density at radius 2 is 2.33 bits per heavy atom. The van der Waals surface area contributed by atoms with Gasteiger partial charge >= 0.3 is 5.97 Å². The van der Waals surface area contributed by atoms with Crippen LogP contribution in [-0.2, 0) is 14.4 Å². The van der Waals surface area contributed by atoms with Gasteiger partial charge in [-0.15, -0.1) is 5.48 Å². The fourth-order valence-electron chi connectivity index (χ4n) is 0.479. The van der Waals surface area contributed by atoms with Crippen LogP contribution in [-0.4, -0.2) is 19.3 Å². The van der Waals surface area contributed by atoms with E-state index in [1.54, 1.807) is 0 Å². The maximum atomic E-state index is 10.5. The maximum Gasteiger partial charge on any atom is 0.348 e. The van der Waals surface area contributed by atoms with Crippen molar-refractivity contribution in [1.29, 1.82) is 0 Å². The van der Waals surface area contributed by atoms with Crippen molar-refractivity contribution < 1.29 is 14.4 Å². The first kappa shape index (κ1) is 11.1. The number of hydrogen-bond acceptors (Lipinski definition) is 4. The van der Waals surface area contributed by atoms with Crippen molar-refractivity contribution in [3.63, 3.8) is 0 Å². The molecule has 0 aromatic heterocycles. The molecule has 0 aliphatic carbocycles. The van der Waals surface area contributed by atoms with Gasteiger partial charge in [-0.2, -0.15) is 0 Å². The molecule has 0 spiro atoms. The van der Waals surface area contributed by atoms with E-state index in [1.165, 1.54) is 0 Å². The van der Waals surface area contributed by atoms with E-state index in [0.717, 1.165) is 6.08 Å². The summed E-state index contributed by atoms with van der Waals surface area (Å²) in [6, 6.07) is 0. The number of carbonyl (C=O) groups excluding carboxylic acids is 1. The fraction of sp³-hybridized carbons (Fsp3) is 0.625. The average molecular weight is 173 g/mol. The Morgan fingerprint density at radius 1 is 1.67 bits per heavy atom. The summed E-state index contributed by atoms with van der Waals surface area (Å²) in [7, 11) is 0. The number of hydroxylamine groups is 1. The lowest BCUT2D eigenvalue weighted by molar-refractivity contribution is -0.149. The van der Waals surface area contributed by atoms with Crippen LogP contribution in [0.3, 0.4) is 0 Å². The molecule has 0 aliphatic heterocycles. The minimum Gasteiger partial charge on any atom is -0.365 e. The third-order valence-corrected chi connectivity index (χ3v) is 0.952. The average Bonchev–Trinajstić information content (AvgIpc) is 2.03. The second-order valence-corrected chi connectivity index (χ2v) is 2.68. The van der Waals surface area contributed by atoms with Gasteiger partial charge in [0.1, 0.15) is 6.73 Å². The molecule has 70 valence electrons. The predicted molar refractivity (Wildman–Crippen MR) is 45.1 cm³/mol. The molecule has 4 heteroatoms. The highest BCUT2D eigenvalue weighted by Gasteiger charge is 1.95. The van der Waals surface area contributed by atoms with Crippen molar-refractivity contribution in [2.75, 3.05) is 13.3 Å². The SMILES string of the molecule is C=CC(=O)ONCOCC(C)C.